The summed E-state index contributed by atoms with van der Waals surface area (Å²) in [6.45, 7) is 5.44. The summed E-state index contributed by atoms with van der Waals surface area (Å²) in [5, 5.41) is 0. The van der Waals surface area contributed by atoms with Crippen LogP contribution in [0.4, 0.5) is 0 Å². The second-order valence-corrected chi connectivity index (χ2v) is 4.16. The van der Waals surface area contributed by atoms with Gasteiger partial charge in [0, 0.05) is 26.2 Å². The average molecular weight is 152 g/mol. The molecule has 2 heteroatoms. The van der Waals surface area contributed by atoms with Gasteiger partial charge in [-0.15, -0.1) is 0 Å². The summed E-state index contributed by atoms with van der Waals surface area (Å²) in [6, 6.07) is 0. The van der Waals surface area contributed by atoms with Crippen molar-refractivity contribution in [2.45, 2.75) is 31.3 Å². The largest absolute Gasteiger partial charge is 0.284 e. The molecule has 1 spiro atoms. The van der Waals surface area contributed by atoms with Gasteiger partial charge in [-0.25, -0.2) is 0 Å². The Morgan fingerprint density at radius 2 is 1.36 bits per heavy atom. The van der Waals surface area contributed by atoms with Gasteiger partial charge in [0.05, 0.1) is 5.66 Å². The average Bonchev–Trinajstić information content (AvgIpc) is 2.12. The van der Waals surface area contributed by atoms with Crippen molar-refractivity contribution < 1.29 is 0 Å². The zero-order valence-corrected chi connectivity index (χ0v) is 7.05. The Labute approximate surface area is 68.2 Å². The summed E-state index contributed by atoms with van der Waals surface area (Å²) in [7, 11) is 0. The van der Waals surface area contributed by atoms with Crippen molar-refractivity contribution in [1.82, 2.24) is 9.80 Å². The van der Waals surface area contributed by atoms with E-state index in [1.807, 2.05) is 0 Å². The Balaban J connectivity index is 1.92. The molecule has 11 heavy (non-hydrogen) atoms. The molecular weight excluding hydrogens is 136 g/mol. The maximum Gasteiger partial charge on any atom is 0.0738 e. The van der Waals surface area contributed by atoms with E-state index in [9.17, 15) is 0 Å². The fourth-order valence-corrected chi connectivity index (χ4v) is 3.08. The van der Waals surface area contributed by atoms with Crippen molar-refractivity contribution in [1.29, 1.82) is 0 Å². The van der Waals surface area contributed by atoms with Gasteiger partial charge in [-0.3, -0.25) is 9.80 Å². The first-order valence-corrected chi connectivity index (χ1v) is 4.92. The molecule has 2 unspecified atom stereocenters. The molecule has 1 aliphatic carbocycles. The van der Waals surface area contributed by atoms with Crippen LogP contribution in [0.5, 0.6) is 0 Å². The van der Waals surface area contributed by atoms with E-state index in [1.54, 1.807) is 0 Å². The molecule has 0 aromatic carbocycles. The van der Waals surface area contributed by atoms with Crippen LogP contribution in [0.1, 0.15) is 25.7 Å². The molecule has 0 N–H and O–H groups in total. The third-order valence-corrected chi connectivity index (χ3v) is 3.83. The Hall–Kier alpha value is -0.0800. The van der Waals surface area contributed by atoms with E-state index in [-0.39, 0.29) is 0 Å². The van der Waals surface area contributed by atoms with Crippen LogP contribution in [0, 0.1) is 0 Å². The lowest BCUT2D eigenvalue weighted by Gasteiger charge is -2.53. The topological polar surface area (TPSA) is 6.48 Å². The molecule has 0 amide bonds. The second-order valence-electron chi connectivity index (χ2n) is 4.16. The second kappa shape index (κ2) is 1.99. The van der Waals surface area contributed by atoms with Crippen LogP contribution in [0.15, 0.2) is 0 Å². The molecule has 2 nitrogen and oxygen atoms in total. The van der Waals surface area contributed by atoms with Gasteiger partial charge >= 0.3 is 0 Å². The van der Waals surface area contributed by atoms with E-state index in [1.165, 1.54) is 51.9 Å². The fraction of sp³-hybridized carbons (Fsp3) is 1.00. The molecule has 1 saturated carbocycles. The molecule has 3 rings (SSSR count). The first kappa shape index (κ1) is 6.44. The third kappa shape index (κ3) is 0.651. The Bertz CT molecular complexity index is 156. The van der Waals surface area contributed by atoms with E-state index in [0.29, 0.717) is 5.66 Å². The highest BCUT2D eigenvalue weighted by molar-refractivity contribution is 5.04. The van der Waals surface area contributed by atoms with Crippen LogP contribution < -0.4 is 0 Å². The summed E-state index contributed by atoms with van der Waals surface area (Å²) >= 11 is 0. The van der Waals surface area contributed by atoms with Gasteiger partial charge in [0.1, 0.15) is 0 Å². The number of hydrogen-bond donors (Lipinski definition) is 0. The zero-order chi connectivity index (χ0) is 7.31. The van der Waals surface area contributed by atoms with Gasteiger partial charge in [0.15, 0.2) is 0 Å². The van der Waals surface area contributed by atoms with Crippen LogP contribution in [0.25, 0.3) is 0 Å². The smallest absolute Gasteiger partial charge is 0.0738 e. The number of nitrogens with zero attached hydrogens (tertiary/aromatic N) is 2. The lowest BCUT2D eigenvalue weighted by atomic mass is 9.81. The van der Waals surface area contributed by atoms with E-state index in [0.717, 1.165) is 0 Å². The zero-order valence-electron chi connectivity index (χ0n) is 7.05. The summed E-state index contributed by atoms with van der Waals surface area (Å²) < 4.78 is 0. The molecule has 0 aromatic rings. The highest BCUT2D eigenvalue weighted by atomic mass is 15.5. The van der Waals surface area contributed by atoms with Gasteiger partial charge in [-0.2, -0.15) is 0 Å². The first-order valence-electron chi connectivity index (χ1n) is 4.92. The summed E-state index contributed by atoms with van der Waals surface area (Å²) in [4.78, 5) is 5.44. The van der Waals surface area contributed by atoms with Gasteiger partial charge in [-0.1, -0.05) is 0 Å². The van der Waals surface area contributed by atoms with Crippen molar-refractivity contribution in [3.63, 3.8) is 0 Å². The monoisotopic (exact) mass is 152 g/mol. The standard InChI is InChI=1S/C9H16N2/c1-3-9(4-1)10-5-2-6-11(9)8-7-10/h1-8H2. The first-order chi connectivity index (χ1) is 5.42. The predicted molar refractivity (Wildman–Crippen MR) is 44.3 cm³/mol. The molecule has 3 aliphatic rings. The Morgan fingerprint density at radius 1 is 0.727 bits per heavy atom. The van der Waals surface area contributed by atoms with Crippen LogP contribution in [-0.2, 0) is 0 Å². The highest BCUT2D eigenvalue weighted by Gasteiger charge is 2.52. The minimum atomic E-state index is 0.595. The number of hydrogen-bond acceptors (Lipinski definition) is 2. The van der Waals surface area contributed by atoms with Crippen molar-refractivity contribution in [2.24, 2.45) is 0 Å². The van der Waals surface area contributed by atoms with Crippen LogP contribution >= 0.6 is 0 Å². The van der Waals surface area contributed by atoms with E-state index >= 15 is 0 Å². The molecule has 2 heterocycles. The van der Waals surface area contributed by atoms with E-state index in [4.69, 9.17) is 0 Å². The van der Waals surface area contributed by atoms with E-state index < -0.39 is 0 Å². The van der Waals surface area contributed by atoms with Crippen LogP contribution in [0.2, 0.25) is 0 Å². The molecule has 3 fully saturated rings. The van der Waals surface area contributed by atoms with Crippen LogP contribution in [0.3, 0.4) is 0 Å². The molecule has 2 saturated heterocycles. The molecule has 0 radical (unpaired) electrons. The molecule has 2 aliphatic heterocycles. The molecule has 62 valence electrons. The van der Waals surface area contributed by atoms with Crippen molar-refractivity contribution in [3.8, 4) is 0 Å². The molecule has 2 atom stereocenters. The van der Waals surface area contributed by atoms with Crippen molar-refractivity contribution in [2.75, 3.05) is 26.2 Å². The highest BCUT2D eigenvalue weighted by Crippen LogP contribution is 2.45. The summed E-state index contributed by atoms with van der Waals surface area (Å²) in [5.74, 6) is 0. The number of rotatable bonds is 0. The Kier molecular flexibility index (Phi) is 1.16. The lowest BCUT2D eigenvalue weighted by Crippen LogP contribution is -2.61. The van der Waals surface area contributed by atoms with Crippen molar-refractivity contribution >= 4 is 0 Å². The molecule has 2 bridgehead atoms. The van der Waals surface area contributed by atoms with Gasteiger partial charge in [-0.05, 0) is 25.7 Å². The summed E-state index contributed by atoms with van der Waals surface area (Å²) in [5.41, 5.74) is 0.595. The Morgan fingerprint density at radius 3 is 1.73 bits per heavy atom. The fourth-order valence-electron chi connectivity index (χ4n) is 3.08. The maximum atomic E-state index is 2.72. The lowest BCUT2D eigenvalue weighted by molar-refractivity contribution is -0.0787. The van der Waals surface area contributed by atoms with Crippen LogP contribution in [-0.4, -0.2) is 41.6 Å². The maximum absolute atomic E-state index is 2.72. The molecular formula is C9H16N2. The van der Waals surface area contributed by atoms with Crippen molar-refractivity contribution in [3.05, 3.63) is 0 Å². The van der Waals surface area contributed by atoms with Gasteiger partial charge in [0.2, 0.25) is 0 Å². The third-order valence-electron chi connectivity index (χ3n) is 3.83. The summed E-state index contributed by atoms with van der Waals surface area (Å²) in [6.07, 6.45) is 5.77. The van der Waals surface area contributed by atoms with E-state index in [2.05, 4.69) is 9.80 Å². The minimum absolute atomic E-state index is 0.595. The minimum Gasteiger partial charge on any atom is -0.284 e. The normalized spacial score (nSPS) is 45.8. The molecule has 0 aromatic heterocycles. The van der Waals surface area contributed by atoms with Gasteiger partial charge in [0.25, 0.3) is 0 Å². The van der Waals surface area contributed by atoms with Gasteiger partial charge < -0.3 is 0 Å². The predicted octanol–water partition coefficient (Wildman–Crippen LogP) is 0.888. The SMILES string of the molecule is C1CN2CCN(C1)C21CCC1. The quantitative estimate of drug-likeness (QED) is 0.508.